The molecule has 2 rings (SSSR count). The number of benzene rings is 1. The maximum absolute atomic E-state index is 11.8. The minimum atomic E-state index is -0.147. The second-order valence-electron chi connectivity index (χ2n) is 4.42. The minimum absolute atomic E-state index is 0.147. The number of nitrogens with two attached hydrogens (primary N) is 1. The van der Waals surface area contributed by atoms with Crippen LogP contribution in [0.1, 0.15) is 16.2 Å². The molecule has 7 heteroatoms. The first-order valence-corrected chi connectivity index (χ1v) is 6.30. The number of rotatable bonds is 5. The van der Waals surface area contributed by atoms with E-state index in [2.05, 4.69) is 20.8 Å². The zero-order chi connectivity index (χ0) is 14.5. The molecule has 106 valence electrons. The summed E-state index contributed by atoms with van der Waals surface area (Å²) in [5.41, 5.74) is 7.65. The van der Waals surface area contributed by atoms with Gasteiger partial charge in [0, 0.05) is 38.4 Å². The Morgan fingerprint density at radius 1 is 1.45 bits per heavy atom. The molecule has 0 unspecified atom stereocenters. The smallest absolute Gasteiger partial charge is 0.253 e. The van der Waals surface area contributed by atoms with Crippen LogP contribution in [0.3, 0.4) is 0 Å². The van der Waals surface area contributed by atoms with Crippen LogP contribution < -0.4 is 16.4 Å². The second kappa shape index (κ2) is 6.05. The lowest BCUT2D eigenvalue weighted by Crippen LogP contribution is -2.20. The third kappa shape index (κ3) is 3.05. The number of hydrogen-bond donors (Lipinski definition) is 3. The Morgan fingerprint density at radius 2 is 2.25 bits per heavy atom. The predicted molar refractivity (Wildman–Crippen MR) is 77.4 cm³/mol. The van der Waals surface area contributed by atoms with Crippen molar-refractivity contribution in [2.45, 2.75) is 6.42 Å². The van der Waals surface area contributed by atoms with Crippen molar-refractivity contribution >= 4 is 17.3 Å². The summed E-state index contributed by atoms with van der Waals surface area (Å²) < 4.78 is 1.86. The van der Waals surface area contributed by atoms with Gasteiger partial charge in [0.25, 0.3) is 5.91 Å². The molecule has 1 heterocycles. The van der Waals surface area contributed by atoms with E-state index in [0.29, 0.717) is 29.9 Å². The lowest BCUT2D eigenvalue weighted by molar-refractivity contribution is 0.0964. The van der Waals surface area contributed by atoms with Gasteiger partial charge in [-0.25, -0.2) is 0 Å². The topological polar surface area (TPSA) is 97.9 Å². The SMILES string of the molecule is CNC(=O)c1ccc(N)cc1NCCc1nncn1C. The largest absolute Gasteiger partial charge is 0.399 e. The third-order valence-corrected chi connectivity index (χ3v) is 2.98. The summed E-state index contributed by atoms with van der Waals surface area (Å²) >= 11 is 0. The highest BCUT2D eigenvalue weighted by atomic mass is 16.1. The normalized spacial score (nSPS) is 10.3. The van der Waals surface area contributed by atoms with E-state index in [1.54, 1.807) is 31.6 Å². The first kappa shape index (κ1) is 13.9. The molecule has 0 saturated heterocycles. The molecule has 7 nitrogen and oxygen atoms in total. The van der Waals surface area contributed by atoms with Crippen LogP contribution >= 0.6 is 0 Å². The molecular weight excluding hydrogens is 256 g/mol. The molecule has 1 aromatic carbocycles. The highest BCUT2D eigenvalue weighted by molar-refractivity contribution is 6.00. The molecule has 0 aliphatic heterocycles. The number of nitrogens with one attached hydrogen (secondary N) is 2. The molecule has 0 aliphatic carbocycles. The average Bonchev–Trinajstić information content (AvgIpc) is 2.84. The maximum atomic E-state index is 11.8. The van der Waals surface area contributed by atoms with Gasteiger partial charge in [0.15, 0.2) is 0 Å². The fourth-order valence-electron chi connectivity index (χ4n) is 1.88. The van der Waals surface area contributed by atoms with Crippen molar-refractivity contribution in [1.29, 1.82) is 0 Å². The molecule has 2 aromatic rings. The summed E-state index contributed by atoms with van der Waals surface area (Å²) in [6.07, 6.45) is 2.37. The number of carbonyl (C=O) groups excluding carboxylic acids is 1. The number of hydrogen-bond acceptors (Lipinski definition) is 5. The van der Waals surface area contributed by atoms with Crippen LogP contribution in [0.5, 0.6) is 0 Å². The molecule has 0 bridgehead atoms. The van der Waals surface area contributed by atoms with E-state index in [0.717, 1.165) is 5.82 Å². The van der Waals surface area contributed by atoms with E-state index in [4.69, 9.17) is 5.73 Å². The summed E-state index contributed by atoms with van der Waals surface area (Å²) in [7, 11) is 3.49. The minimum Gasteiger partial charge on any atom is -0.399 e. The molecule has 4 N–H and O–H groups in total. The average molecular weight is 274 g/mol. The van der Waals surface area contributed by atoms with Crippen LogP contribution in [0.25, 0.3) is 0 Å². The van der Waals surface area contributed by atoms with E-state index < -0.39 is 0 Å². The molecular formula is C13H18N6O. The Morgan fingerprint density at radius 3 is 2.90 bits per heavy atom. The van der Waals surface area contributed by atoms with Gasteiger partial charge in [0.2, 0.25) is 0 Å². The summed E-state index contributed by atoms with van der Waals surface area (Å²) in [5.74, 6) is 0.731. The monoisotopic (exact) mass is 274 g/mol. The molecule has 0 fully saturated rings. The molecule has 0 radical (unpaired) electrons. The summed E-state index contributed by atoms with van der Waals surface area (Å²) in [6.45, 7) is 0.639. The van der Waals surface area contributed by atoms with Crippen molar-refractivity contribution in [2.75, 3.05) is 24.6 Å². The number of nitrogen functional groups attached to an aromatic ring is 1. The highest BCUT2D eigenvalue weighted by Crippen LogP contribution is 2.19. The van der Waals surface area contributed by atoms with Crippen LogP contribution in [0, 0.1) is 0 Å². The summed E-state index contributed by atoms with van der Waals surface area (Å²) in [4.78, 5) is 11.8. The van der Waals surface area contributed by atoms with Gasteiger partial charge in [-0.05, 0) is 18.2 Å². The van der Waals surface area contributed by atoms with Gasteiger partial charge in [0.1, 0.15) is 12.2 Å². The molecule has 0 spiro atoms. The van der Waals surface area contributed by atoms with E-state index in [1.807, 2.05) is 11.6 Å². The molecule has 1 amide bonds. The van der Waals surface area contributed by atoms with Crippen LogP contribution in [0.4, 0.5) is 11.4 Å². The van der Waals surface area contributed by atoms with E-state index in [-0.39, 0.29) is 5.91 Å². The Kier molecular flexibility index (Phi) is 4.19. The van der Waals surface area contributed by atoms with Crippen LogP contribution in [0.15, 0.2) is 24.5 Å². The van der Waals surface area contributed by atoms with Crippen molar-refractivity contribution < 1.29 is 4.79 Å². The number of carbonyl (C=O) groups is 1. The van der Waals surface area contributed by atoms with Crippen molar-refractivity contribution in [1.82, 2.24) is 20.1 Å². The standard InChI is InChI=1S/C13H18N6O/c1-15-13(20)10-4-3-9(14)7-11(10)16-6-5-12-18-17-8-19(12)2/h3-4,7-8,16H,5-6,14H2,1-2H3,(H,15,20). The van der Waals surface area contributed by atoms with Gasteiger partial charge in [-0.15, -0.1) is 10.2 Å². The number of aryl methyl sites for hydroxylation is 1. The first-order valence-electron chi connectivity index (χ1n) is 6.30. The van der Waals surface area contributed by atoms with Gasteiger partial charge >= 0.3 is 0 Å². The van der Waals surface area contributed by atoms with Crippen molar-refractivity contribution in [3.05, 3.63) is 35.9 Å². The molecule has 0 saturated carbocycles. The van der Waals surface area contributed by atoms with Gasteiger partial charge in [0.05, 0.1) is 5.56 Å². The van der Waals surface area contributed by atoms with Crippen molar-refractivity contribution in [2.24, 2.45) is 7.05 Å². The fraction of sp³-hybridized carbons (Fsp3) is 0.308. The number of amides is 1. The molecule has 0 aliphatic rings. The van der Waals surface area contributed by atoms with Gasteiger partial charge < -0.3 is 20.9 Å². The molecule has 0 atom stereocenters. The lowest BCUT2D eigenvalue weighted by atomic mass is 10.1. The van der Waals surface area contributed by atoms with Gasteiger partial charge in [-0.3, -0.25) is 4.79 Å². The number of anilines is 2. The summed E-state index contributed by atoms with van der Waals surface area (Å²) in [6, 6.07) is 5.17. The van der Waals surface area contributed by atoms with Gasteiger partial charge in [-0.2, -0.15) is 0 Å². The fourth-order valence-corrected chi connectivity index (χ4v) is 1.88. The van der Waals surface area contributed by atoms with Crippen LogP contribution in [-0.2, 0) is 13.5 Å². The lowest BCUT2D eigenvalue weighted by Gasteiger charge is -2.11. The van der Waals surface area contributed by atoms with Crippen LogP contribution in [-0.4, -0.2) is 34.3 Å². The first-order chi connectivity index (χ1) is 9.61. The predicted octanol–water partition coefficient (Wildman–Crippen LogP) is 0.411. The number of aromatic nitrogens is 3. The van der Waals surface area contributed by atoms with Gasteiger partial charge in [-0.1, -0.05) is 0 Å². The second-order valence-corrected chi connectivity index (χ2v) is 4.42. The maximum Gasteiger partial charge on any atom is 0.253 e. The zero-order valence-corrected chi connectivity index (χ0v) is 11.6. The number of nitrogens with zero attached hydrogens (tertiary/aromatic N) is 3. The van der Waals surface area contributed by atoms with Crippen molar-refractivity contribution in [3.8, 4) is 0 Å². The Hall–Kier alpha value is -2.57. The van der Waals surface area contributed by atoms with E-state index in [1.165, 1.54) is 0 Å². The van der Waals surface area contributed by atoms with E-state index >= 15 is 0 Å². The summed E-state index contributed by atoms with van der Waals surface area (Å²) in [5, 5.41) is 13.6. The Balaban J connectivity index is 2.06. The quantitative estimate of drug-likeness (QED) is 0.686. The Labute approximate surface area is 117 Å². The van der Waals surface area contributed by atoms with Crippen molar-refractivity contribution in [3.63, 3.8) is 0 Å². The van der Waals surface area contributed by atoms with E-state index in [9.17, 15) is 4.79 Å². The third-order valence-electron chi connectivity index (χ3n) is 2.98. The zero-order valence-electron chi connectivity index (χ0n) is 11.6. The Bertz CT molecular complexity index is 607. The molecule has 1 aromatic heterocycles. The highest BCUT2D eigenvalue weighted by Gasteiger charge is 2.10. The van der Waals surface area contributed by atoms with Crippen LogP contribution in [0.2, 0.25) is 0 Å². The molecule has 20 heavy (non-hydrogen) atoms.